The summed E-state index contributed by atoms with van der Waals surface area (Å²) in [4.78, 5) is 30.0. The quantitative estimate of drug-likeness (QED) is 0.370. The Kier molecular flexibility index (Phi) is 5.97. The second-order valence-corrected chi connectivity index (χ2v) is 9.52. The maximum Gasteiger partial charge on any atom is 0.251 e. The summed E-state index contributed by atoms with van der Waals surface area (Å²) in [6.45, 7) is 0.414. The lowest BCUT2D eigenvalue weighted by molar-refractivity contribution is -0.113. The zero-order valence-corrected chi connectivity index (χ0v) is 19.1. The van der Waals surface area contributed by atoms with Gasteiger partial charge in [0.15, 0.2) is 11.0 Å². The molecule has 0 saturated carbocycles. The molecule has 168 valence electrons. The smallest absolute Gasteiger partial charge is 0.251 e. The van der Waals surface area contributed by atoms with Gasteiger partial charge in [0.1, 0.15) is 10.8 Å². The van der Waals surface area contributed by atoms with Crippen LogP contribution >= 0.6 is 23.1 Å². The number of carbonyl (C=O) groups excluding carboxylic acids is 2. The molecule has 0 bridgehead atoms. The number of nitrogens with one attached hydrogen (secondary N) is 1. The van der Waals surface area contributed by atoms with Gasteiger partial charge in [0.25, 0.3) is 5.91 Å². The van der Waals surface area contributed by atoms with E-state index in [1.165, 1.54) is 23.1 Å². The maximum absolute atomic E-state index is 12.7. The Hall–Kier alpha value is -3.44. The van der Waals surface area contributed by atoms with Crippen LogP contribution in [0.5, 0.6) is 0 Å². The van der Waals surface area contributed by atoms with Crippen molar-refractivity contribution in [3.05, 3.63) is 64.7 Å². The van der Waals surface area contributed by atoms with Gasteiger partial charge in [-0.15, -0.1) is 21.5 Å². The fourth-order valence-electron chi connectivity index (χ4n) is 3.85. The average Bonchev–Trinajstić information content (AvgIpc) is 3.58. The van der Waals surface area contributed by atoms with Gasteiger partial charge in [0.2, 0.25) is 5.91 Å². The molecule has 2 amide bonds. The molecule has 0 radical (unpaired) electrons. The summed E-state index contributed by atoms with van der Waals surface area (Å²) < 4.78 is 7.39. The Balaban J connectivity index is 1.34. The number of primary amides is 1. The van der Waals surface area contributed by atoms with E-state index in [1.807, 2.05) is 28.8 Å². The highest BCUT2D eigenvalue weighted by Gasteiger charge is 2.26. The lowest BCUT2D eigenvalue weighted by Crippen LogP contribution is -2.19. The van der Waals surface area contributed by atoms with E-state index in [0.717, 1.165) is 41.0 Å². The molecule has 0 aromatic carbocycles. The van der Waals surface area contributed by atoms with Gasteiger partial charge in [0.05, 0.1) is 24.1 Å². The first-order valence-corrected chi connectivity index (χ1v) is 12.1. The summed E-state index contributed by atoms with van der Waals surface area (Å²) in [5.41, 5.74) is 7.83. The monoisotopic (exact) mass is 480 g/mol. The Morgan fingerprint density at radius 3 is 2.91 bits per heavy atom. The van der Waals surface area contributed by atoms with Crippen molar-refractivity contribution in [1.82, 2.24) is 19.7 Å². The van der Waals surface area contributed by atoms with E-state index in [4.69, 9.17) is 10.2 Å². The van der Waals surface area contributed by atoms with Gasteiger partial charge in [-0.2, -0.15) is 0 Å². The first kappa shape index (κ1) is 21.4. The molecule has 0 saturated heterocycles. The second kappa shape index (κ2) is 9.20. The van der Waals surface area contributed by atoms with Crippen LogP contribution in [0.1, 0.15) is 33.0 Å². The predicted molar refractivity (Wildman–Crippen MR) is 125 cm³/mol. The number of thiophene rings is 1. The first-order chi connectivity index (χ1) is 16.1. The van der Waals surface area contributed by atoms with Gasteiger partial charge in [0, 0.05) is 22.8 Å². The summed E-state index contributed by atoms with van der Waals surface area (Å²) in [6.07, 6.45) is 7.76. The molecule has 0 unspecified atom stereocenters. The molecule has 3 N–H and O–H groups in total. The van der Waals surface area contributed by atoms with Crippen molar-refractivity contribution in [3.8, 4) is 11.4 Å². The van der Waals surface area contributed by atoms with Crippen molar-refractivity contribution >= 4 is 39.9 Å². The van der Waals surface area contributed by atoms with Crippen LogP contribution in [0.15, 0.2) is 52.5 Å². The van der Waals surface area contributed by atoms with Gasteiger partial charge in [-0.25, -0.2) is 0 Å². The number of fused-ring (bicyclic) bond motifs is 1. The fourth-order valence-corrected chi connectivity index (χ4v) is 5.90. The van der Waals surface area contributed by atoms with Gasteiger partial charge in [-0.3, -0.25) is 19.1 Å². The van der Waals surface area contributed by atoms with E-state index in [-0.39, 0.29) is 11.7 Å². The number of aromatic nitrogens is 4. The van der Waals surface area contributed by atoms with Crippen LogP contribution in [0.4, 0.5) is 5.00 Å². The van der Waals surface area contributed by atoms with E-state index in [2.05, 4.69) is 20.5 Å². The molecule has 0 atom stereocenters. The zero-order chi connectivity index (χ0) is 22.8. The standard InChI is InChI=1S/C22H20N6O3S2/c23-19(30)18-15-6-1-7-16(15)33-21(18)25-17(29)12-32-22-27-26-20(13-4-2-8-24-10-13)28(22)11-14-5-3-9-31-14/h2-5,8-10H,1,6-7,11-12H2,(H2,23,30)(H,25,29). The van der Waals surface area contributed by atoms with Crippen LogP contribution in [0.25, 0.3) is 11.4 Å². The topological polar surface area (TPSA) is 129 Å². The molecule has 11 heteroatoms. The number of nitrogens with two attached hydrogens (primary N) is 1. The average molecular weight is 481 g/mol. The van der Waals surface area contributed by atoms with Crippen molar-refractivity contribution < 1.29 is 14.0 Å². The number of anilines is 1. The number of amides is 2. The number of rotatable bonds is 8. The number of hydrogen-bond donors (Lipinski definition) is 2. The Morgan fingerprint density at radius 2 is 2.15 bits per heavy atom. The lowest BCUT2D eigenvalue weighted by atomic mass is 10.1. The summed E-state index contributed by atoms with van der Waals surface area (Å²) in [5, 5.41) is 12.6. The predicted octanol–water partition coefficient (Wildman–Crippen LogP) is 3.36. The minimum absolute atomic E-state index is 0.101. The van der Waals surface area contributed by atoms with Crippen LogP contribution in [-0.2, 0) is 24.2 Å². The molecular formula is C22H20N6O3S2. The molecule has 4 aromatic heterocycles. The van der Waals surface area contributed by atoms with Crippen LogP contribution in [0.2, 0.25) is 0 Å². The van der Waals surface area contributed by atoms with E-state index in [9.17, 15) is 9.59 Å². The molecule has 1 aliphatic rings. The SMILES string of the molecule is NC(=O)c1c(NC(=O)CSc2nnc(-c3cccnc3)n2Cc2ccco2)sc2c1CCC2. The number of furan rings is 1. The first-order valence-electron chi connectivity index (χ1n) is 10.3. The number of nitrogens with zero attached hydrogens (tertiary/aromatic N) is 4. The van der Waals surface area contributed by atoms with Crippen LogP contribution in [-0.4, -0.2) is 37.3 Å². The van der Waals surface area contributed by atoms with Crippen molar-refractivity contribution in [2.24, 2.45) is 5.73 Å². The number of aryl methyl sites for hydroxylation is 1. The molecule has 0 aliphatic heterocycles. The summed E-state index contributed by atoms with van der Waals surface area (Å²) in [7, 11) is 0. The van der Waals surface area contributed by atoms with Gasteiger partial charge in [-0.05, 0) is 49.1 Å². The van der Waals surface area contributed by atoms with E-state index in [1.54, 1.807) is 18.7 Å². The molecule has 0 fully saturated rings. The van der Waals surface area contributed by atoms with Crippen molar-refractivity contribution in [3.63, 3.8) is 0 Å². The normalized spacial score (nSPS) is 12.6. The Morgan fingerprint density at radius 1 is 1.24 bits per heavy atom. The highest BCUT2D eigenvalue weighted by atomic mass is 32.2. The van der Waals surface area contributed by atoms with Gasteiger partial charge in [-0.1, -0.05) is 11.8 Å². The van der Waals surface area contributed by atoms with Crippen molar-refractivity contribution in [2.75, 3.05) is 11.1 Å². The highest BCUT2D eigenvalue weighted by molar-refractivity contribution is 7.99. The second-order valence-electron chi connectivity index (χ2n) is 7.48. The summed E-state index contributed by atoms with van der Waals surface area (Å²) in [5.74, 6) is 0.734. The van der Waals surface area contributed by atoms with Gasteiger partial charge >= 0.3 is 0 Å². The van der Waals surface area contributed by atoms with Crippen LogP contribution in [0.3, 0.4) is 0 Å². The summed E-state index contributed by atoms with van der Waals surface area (Å²) in [6, 6.07) is 7.42. The molecule has 5 rings (SSSR count). The van der Waals surface area contributed by atoms with Crippen LogP contribution < -0.4 is 11.1 Å². The largest absolute Gasteiger partial charge is 0.467 e. The minimum atomic E-state index is -0.503. The third-order valence-electron chi connectivity index (χ3n) is 5.28. The fraction of sp³-hybridized carbons (Fsp3) is 0.227. The number of thioether (sulfide) groups is 1. The third kappa shape index (κ3) is 4.41. The third-order valence-corrected chi connectivity index (χ3v) is 7.46. The van der Waals surface area contributed by atoms with E-state index in [0.29, 0.717) is 28.1 Å². The zero-order valence-electron chi connectivity index (χ0n) is 17.5. The molecule has 4 aromatic rings. The number of hydrogen-bond acceptors (Lipinski definition) is 8. The molecule has 9 nitrogen and oxygen atoms in total. The molecule has 0 spiro atoms. The van der Waals surface area contributed by atoms with Crippen LogP contribution in [0, 0.1) is 0 Å². The van der Waals surface area contributed by atoms with Gasteiger partial charge < -0.3 is 15.5 Å². The highest BCUT2D eigenvalue weighted by Crippen LogP contribution is 2.39. The minimum Gasteiger partial charge on any atom is -0.467 e. The Bertz CT molecular complexity index is 1300. The molecule has 33 heavy (non-hydrogen) atoms. The van der Waals surface area contributed by atoms with Crippen molar-refractivity contribution in [2.45, 2.75) is 31.0 Å². The number of pyridine rings is 1. The molecule has 4 heterocycles. The van der Waals surface area contributed by atoms with E-state index < -0.39 is 5.91 Å². The maximum atomic E-state index is 12.7. The Labute approximate surface area is 197 Å². The number of carbonyl (C=O) groups is 2. The molecule has 1 aliphatic carbocycles. The van der Waals surface area contributed by atoms with E-state index >= 15 is 0 Å². The van der Waals surface area contributed by atoms with Crippen molar-refractivity contribution in [1.29, 1.82) is 0 Å². The molecular weight excluding hydrogens is 460 g/mol. The lowest BCUT2D eigenvalue weighted by Gasteiger charge is -2.09. The summed E-state index contributed by atoms with van der Waals surface area (Å²) >= 11 is 2.70.